The summed E-state index contributed by atoms with van der Waals surface area (Å²) in [7, 11) is 0. The van der Waals surface area contributed by atoms with Crippen molar-refractivity contribution in [2.75, 3.05) is 25.4 Å². The van der Waals surface area contributed by atoms with Crippen molar-refractivity contribution in [1.82, 2.24) is 4.90 Å². The first-order valence-electron chi connectivity index (χ1n) is 5.04. The number of likely N-dealkylation sites (N-methyl/N-ethyl adjacent to an activating group) is 1. The summed E-state index contributed by atoms with van der Waals surface area (Å²) in [5.41, 5.74) is 6.81. The van der Waals surface area contributed by atoms with Gasteiger partial charge in [0.05, 0.1) is 6.61 Å². The molecular weight excluding hydrogens is 195 g/mol. The molecule has 1 aromatic carbocycles. The summed E-state index contributed by atoms with van der Waals surface area (Å²) in [5.74, 6) is -0.315. The molecule has 0 amide bonds. The zero-order valence-corrected chi connectivity index (χ0v) is 8.91. The van der Waals surface area contributed by atoms with Gasteiger partial charge in [-0.25, -0.2) is 4.39 Å². The van der Waals surface area contributed by atoms with Gasteiger partial charge in [0.25, 0.3) is 0 Å². The summed E-state index contributed by atoms with van der Waals surface area (Å²) >= 11 is 0. The summed E-state index contributed by atoms with van der Waals surface area (Å²) in [5, 5.41) is 8.81. The van der Waals surface area contributed by atoms with Crippen molar-refractivity contribution in [3.8, 4) is 0 Å². The van der Waals surface area contributed by atoms with Crippen LogP contribution in [0.5, 0.6) is 0 Å². The molecule has 0 saturated carbocycles. The Morgan fingerprint density at radius 3 is 2.67 bits per heavy atom. The van der Waals surface area contributed by atoms with Gasteiger partial charge in [0, 0.05) is 18.8 Å². The van der Waals surface area contributed by atoms with Gasteiger partial charge in [-0.1, -0.05) is 6.92 Å². The highest BCUT2D eigenvalue weighted by atomic mass is 19.1. The van der Waals surface area contributed by atoms with Gasteiger partial charge in [0.2, 0.25) is 0 Å². The molecule has 3 nitrogen and oxygen atoms in total. The maximum Gasteiger partial charge on any atom is 0.125 e. The van der Waals surface area contributed by atoms with Gasteiger partial charge < -0.3 is 10.8 Å². The molecule has 0 spiro atoms. The first-order valence-corrected chi connectivity index (χ1v) is 5.04. The maximum atomic E-state index is 13.0. The molecule has 3 N–H and O–H groups in total. The normalized spacial score (nSPS) is 10.9. The second-order valence-corrected chi connectivity index (χ2v) is 3.49. The van der Waals surface area contributed by atoms with E-state index >= 15 is 0 Å². The van der Waals surface area contributed by atoms with Gasteiger partial charge in [0.15, 0.2) is 0 Å². The molecular formula is C11H17FN2O. The third-order valence-corrected chi connectivity index (χ3v) is 2.25. The number of nitrogens with two attached hydrogens (primary N) is 1. The van der Waals surface area contributed by atoms with Crippen LogP contribution in [0, 0.1) is 5.82 Å². The van der Waals surface area contributed by atoms with Crippen LogP contribution in [-0.2, 0) is 6.54 Å². The number of aliphatic hydroxyl groups is 1. The molecule has 0 atom stereocenters. The van der Waals surface area contributed by atoms with Crippen LogP contribution >= 0.6 is 0 Å². The molecule has 0 aromatic heterocycles. The standard InChI is InChI=1S/C11H17FN2O/c1-2-14(3-4-15)8-9-5-10(12)7-11(13)6-9/h5-7,15H,2-4,8,13H2,1H3. The van der Waals surface area contributed by atoms with E-state index in [2.05, 4.69) is 0 Å². The Morgan fingerprint density at radius 1 is 1.40 bits per heavy atom. The van der Waals surface area contributed by atoms with E-state index in [-0.39, 0.29) is 12.4 Å². The van der Waals surface area contributed by atoms with Crippen LogP contribution in [0.3, 0.4) is 0 Å². The minimum absolute atomic E-state index is 0.110. The Balaban J connectivity index is 2.69. The number of benzene rings is 1. The van der Waals surface area contributed by atoms with Gasteiger partial charge in [-0.3, -0.25) is 4.90 Å². The molecule has 0 radical (unpaired) electrons. The fourth-order valence-electron chi connectivity index (χ4n) is 1.52. The largest absolute Gasteiger partial charge is 0.399 e. The van der Waals surface area contributed by atoms with Crippen molar-refractivity contribution >= 4 is 5.69 Å². The minimum Gasteiger partial charge on any atom is -0.399 e. The molecule has 0 bridgehead atoms. The molecule has 0 heterocycles. The Labute approximate surface area is 89.3 Å². The average Bonchev–Trinajstić information content (AvgIpc) is 2.15. The Bertz CT molecular complexity index is 297. The fourth-order valence-corrected chi connectivity index (χ4v) is 1.52. The molecule has 0 unspecified atom stereocenters. The third kappa shape index (κ3) is 3.85. The number of hydrogen-bond donors (Lipinski definition) is 2. The van der Waals surface area contributed by atoms with E-state index in [4.69, 9.17) is 10.8 Å². The van der Waals surface area contributed by atoms with Gasteiger partial charge >= 0.3 is 0 Å². The van der Waals surface area contributed by atoms with Crippen molar-refractivity contribution in [3.05, 3.63) is 29.6 Å². The van der Waals surface area contributed by atoms with E-state index in [1.807, 2.05) is 11.8 Å². The number of hydrogen-bond acceptors (Lipinski definition) is 3. The average molecular weight is 212 g/mol. The van der Waals surface area contributed by atoms with Crippen LogP contribution in [0.4, 0.5) is 10.1 Å². The summed E-state index contributed by atoms with van der Waals surface area (Å²) in [6.07, 6.45) is 0. The molecule has 0 aliphatic carbocycles. The number of nitrogen functional groups attached to an aromatic ring is 1. The Hall–Kier alpha value is -1.13. The van der Waals surface area contributed by atoms with E-state index in [0.29, 0.717) is 18.8 Å². The van der Waals surface area contributed by atoms with Crippen LogP contribution in [0.25, 0.3) is 0 Å². The van der Waals surface area contributed by atoms with E-state index < -0.39 is 0 Å². The van der Waals surface area contributed by atoms with E-state index in [1.54, 1.807) is 6.07 Å². The highest BCUT2D eigenvalue weighted by Gasteiger charge is 2.04. The zero-order chi connectivity index (χ0) is 11.3. The van der Waals surface area contributed by atoms with Crippen molar-refractivity contribution < 1.29 is 9.50 Å². The maximum absolute atomic E-state index is 13.0. The lowest BCUT2D eigenvalue weighted by atomic mass is 10.2. The van der Waals surface area contributed by atoms with Gasteiger partial charge in [-0.15, -0.1) is 0 Å². The van der Waals surface area contributed by atoms with E-state index in [0.717, 1.165) is 12.1 Å². The highest BCUT2D eigenvalue weighted by molar-refractivity contribution is 5.41. The smallest absolute Gasteiger partial charge is 0.125 e. The minimum atomic E-state index is -0.315. The highest BCUT2D eigenvalue weighted by Crippen LogP contribution is 2.12. The monoisotopic (exact) mass is 212 g/mol. The number of anilines is 1. The van der Waals surface area contributed by atoms with Crippen LogP contribution < -0.4 is 5.73 Å². The molecule has 0 fully saturated rings. The summed E-state index contributed by atoms with van der Waals surface area (Å²) in [4.78, 5) is 2.02. The molecule has 1 aromatic rings. The predicted octanol–water partition coefficient (Wildman–Crippen LogP) is 1.22. The summed E-state index contributed by atoms with van der Waals surface area (Å²) in [6, 6.07) is 4.52. The summed E-state index contributed by atoms with van der Waals surface area (Å²) in [6.45, 7) is 4.12. The number of aliphatic hydroxyl groups excluding tert-OH is 1. The number of nitrogens with zero attached hydrogens (tertiary/aromatic N) is 1. The van der Waals surface area contributed by atoms with Gasteiger partial charge in [-0.05, 0) is 30.3 Å². The first-order chi connectivity index (χ1) is 7.15. The predicted molar refractivity (Wildman–Crippen MR) is 58.8 cm³/mol. The number of halogens is 1. The van der Waals surface area contributed by atoms with Crippen LogP contribution in [0.1, 0.15) is 12.5 Å². The quantitative estimate of drug-likeness (QED) is 0.721. The van der Waals surface area contributed by atoms with Crippen LogP contribution in [0.2, 0.25) is 0 Å². The van der Waals surface area contributed by atoms with E-state index in [9.17, 15) is 4.39 Å². The fraction of sp³-hybridized carbons (Fsp3) is 0.455. The van der Waals surface area contributed by atoms with Gasteiger partial charge in [-0.2, -0.15) is 0 Å². The molecule has 15 heavy (non-hydrogen) atoms. The van der Waals surface area contributed by atoms with Crippen molar-refractivity contribution in [2.24, 2.45) is 0 Å². The number of rotatable bonds is 5. The molecule has 1 rings (SSSR count). The summed E-state index contributed by atoms with van der Waals surface area (Å²) < 4.78 is 13.0. The van der Waals surface area contributed by atoms with Crippen molar-refractivity contribution in [2.45, 2.75) is 13.5 Å². The SMILES string of the molecule is CCN(CCO)Cc1cc(N)cc(F)c1. The van der Waals surface area contributed by atoms with E-state index in [1.165, 1.54) is 12.1 Å². The lowest BCUT2D eigenvalue weighted by Gasteiger charge is -2.19. The van der Waals surface area contributed by atoms with Crippen molar-refractivity contribution in [1.29, 1.82) is 0 Å². The third-order valence-electron chi connectivity index (χ3n) is 2.25. The lowest BCUT2D eigenvalue weighted by molar-refractivity contribution is 0.196. The Kier molecular flexibility index (Phi) is 4.52. The van der Waals surface area contributed by atoms with Gasteiger partial charge in [0.1, 0.15) is 5.82 Å². The first kappa shape index (κ1) is 11.9. The second-order valence-electron chi connectivity index (χ2n) is 3.49. The van der Waals surface area contributed by atoms with Crippen LogP contribution in [-0.4, -0.2) is 29.7 Å². The zero-order valence-electron chi connectivity index (χ0n) is 8.91. The molecule has 0 aliphatic heterocycles. The van der Waals surface area contributed by atoms with Crippen molar-refractivity contribution in [3.63, 3.8) is 0 Å². The van der Waals surface area contributed by atoms with Crippen LogP contribution in [0.15, 0.2) is 18.2 Å². The molecule has 0 aliphatic rings. The molecule has 4 heteroatoms. The topological polar surface area (TPSA) is 49.5 Å². The molecule has 84 valence electrons. The second kappa shape index (κ2) is 5.68. The Morgan fingerprint density at radius 2 is 2.13 bits per heavy atom. The lowest BCUT2D eigenvalue weighted by Crippen LogP contribution is -2.26. The molecule has 0 saturated heterocycles.